The van der Waals surface area contributed by atoms with Crippen molar-refractivity contribution in [2.75, 3.05) is 0 Å². The van der Waals surface area contributed by atoms with E-state index in [1.165, 1.54) is 18.6 Å². The topological polar surface area (TPSA) is 194 Å². The van der Waals surface area contributed by atoms with Gasteiger partial charge in [-0.2, -0.15) is 0 Å². The Labute approximate surface area is 230 Å². The molecule has 1 aliphatic heterocycles. The van der Waals surface area contributed by atoms with Crippen molar-refractivity contribution in [2.45, 2.75) is 63.5 Å². The summed E-state index contributed by atoms with van der Waals surface area (Å²) in [4.78, 5) is 70.0. The maximum Gasteiger partial charge on any atom is 0.552 e. The number of carbonyl (C=O) groups excluding carboxylic acids is 3. The molecule has 0 saturated carbocycles. The van der Waals surface area contributed by atoms with Crippen LogP contribution in [0, 0.1) is 5.92 Å². The Bertz CT molecular complexity index is 1210. The molecule has 2 aromatic rings. The first-order chi connectivity index (χ1) is 19.0. The third-order valence-electron chi connectivity index (χ3n) is 6.21. The summed E-state index contributed by atoms with van der Waals surface area (Å²) < 4.78 is 10.9. The van der Waals surface area contributed by atoms with Gasteiger partial charge in [-0.1, -0.05) is 44.2 Å². The molecule has 3 rings (SSSR count). The number of benzene rings is 1. The highest BCUT2D eigenvalue weighted by atomic mass is 16.6. The molecule has 4 N–H and O–H groups in total. The molecule has 0 spiro atoms. The van der Waals surface area contributed by atoms with Crippen molar-refractivity contribution in [1.82, 2.24) is 20.6 Å². The van der Waals surface area contributed by atoms with Gasteiger partial charge in [-0.3, -0.25) is 24.2 Å². The van der Waals surface area contributed by atoms with Gasteiger partial charge < -0.3 is 30.2 Å². The molecule has 3 atom stereocenters. The van der Waals surface area contributed by atoms with Crippen LogP contribution >= 0.6 is 0 Å². The van der Waals surface area contributed by atoms with E-state index >= 15 is 0 Å². The summed E-state index contributed by atoms with van der Waals surface area (Å²) >= 11 is 0. The van der Waals surface area contributed by atoms with E-state index in [0.29, 0.717) is 6.42 Å². The fourth-order valence-corrected chi connectivity index (χ4v) is 4.31. The lowest BCUT2D eigenvalue weighted by atomic mass is 9.70. The molecule has 1 aromatic carbocycles. The zero-order chi connectivity index (χ0) is 29.3. The van der Waals surface area contributed by atoms with E-state index in [9.17, 15) is 34.2 Å². The van der Waals surface area contributed by atoms with Gasteiger partial charge in [-0.25, -0.2) is 9.78 Å². The Balaban J connectivity index is 1.85. The minimum Gasteiger partial charge on any atom is -0.508 e. The highest BCUT2D eigenvalue weighted by Crippen LogP contribution is 2.30. The van der Waals surface area contributed by atoms with Crippen molar-refractivity contribution in [3.05, 3.63) is 60.2 Å². The molecule has 1 fully saturated rings. The fraction of sp³-hybridized carbons (Fsp3) is 0.423. The summed E-state index contributed by atoms with van der Waals surface area (Å²) in [5.41, 5.74) is -1.43. The zero-order valence-corrected chi connectivity index (χ0v) is 22.1. The predicted octanol–water partition coefficient (Wildman–Crippen LogP) is 1.03. The Morgan fingerprint density at radius 3 is 2.42 bits per heavy atom. The Kier molecular flexibility index (Phi) is 10.3. The molecule has 0 aliphatic carbocycles. The maximum absolute atomic E-state index is 13.6. The van der Waals surface area contributed by atoms with Gasteiger partial charge >= 0.3 is 19.1 Å². The van der Waals surface area contributed by atoms with E-state index in [2.05, 4.69) is 20.6 Å². The van der Waals surface area contributed by atoms with Crippen molar-refractivity contribution < 1.29 is 43.5 Å². The largest absolute Gasteiger partial charge is 0.552 e. The van der Waals surface area contributed by atoms with Crippen molar-refractivity contribution in [1.29, 1.82) is 0 Å². The van der Waals surface area contributed by atoms with Gasteiger partial charge in [0.1, 0.15) is 11.7 Å². The lowest BCUT2D eigenvalue weighted by Gasteiger charge is -2.38. The lowest BCUT2D eigenvalue weighted by Crippen LogP contribution is -2.62. The minimum absolute atomic E-state index is 0.00296. The SMILES string of the molecule is CC(C)C[C@H](NC(=O)[C@H](CCc1ccccc1)NC(=O)c1cnccn1)B1OC(=O)CC(CC(=O)O)(C(=O)O)O1. The maximum atomic E-state index is 13.6. The zero-order valence-electron chi connectivity index (χ0n) is 22.1. The van der Waals surface area contributed by atoms with Crippen LogP contribution in [0.25, 0.3) is 0 Å². The van der Waals surface area contributed by atoms with Crippen molar-refractivity contribution in [3.8, 4) is 0 Å². The number of amides is 2. The second-order valence-electron chi connectivity index (χ2n) is 9.91. The molecule has 13 nitrogen and oxygen atoms in total. The van der Waals surface area contributed by atoms with Crippen LogP contribution in [0.1, 0.15) is 55.6 Å². The number of aryl methyl sites for hydroxylation is 1. The third-order valence-corrected chi connectivity index (χ3v) is 6.21. The van der Waals surface area contributed by atoms with Crippen LogP contribution in [0.15, 0.2) is 48.9 Å². The molecular weight excluding hydrogens is 523 g/mol. The van der Waals surface area contributed by atoms with E-state index in [1.54, 1.807) is 0 Å². The molecule has 0 bridgehead atoms. The molecule has 1 saturated heterocycles. The minimum atomic E-state index is -2.36. The van der Waals surface area contributed by atoms with Gasteiger partial charge in [-0.05, 0) is 30.7 Å². The van der Waals surface area contributed by atoms with E-state index in [-0.39, 0.29) is 24.5 Å². The second-order valence-corrected chi connectivity index (χ2v) is 9.91. The number of rotatable bonds is 13. The molecule has 1 unspecified atom stereocenters. The Morgan fingerprint density at radius 1 is 1.10 bits per heavy atom. The van der Waals surface area contributed by atoms with Crippen LogP contribution in [0.4, 0.5) is 0 Å². The molecule has 1 aliphatic rings. The Hall–Kier alpha value is -4.33. The van der Waals surface area contributed by atoms with Crippen LogP contribution in [0.2, 0.25) is 0 Å². The fourth-order valence-electron chi connectivity index (χ4n) is 4.31. The lowest BCUT2D eigenvalue weighted by molar-refractivity contribution is -0.175. The van der Waals surface area contributed by atoms with Crippen LogP contribution in [-0.4, -0.2) is 74.6 Å². The first-order valence-corrected chi connectivity index (χ1v) is 12.7. The van der Waals surface area contributed by atoms with E-state index in [4.69, 9.17) is 9.31 Å². The normalized spacial score (nSPS) is 18.4. The van der Waals surface area contributed by atoms with Gasteiger partial charge in [0.2, 0.25) is 5.91 Å². The number of hydrogen-bond donors (Lipinski definition) is 4. The second kappa shape index (κ2) is 13.6. The number of aromatic nitrogens is 2. The van der Waals surface area contributed by atoms with Gasteiger partial charge in [0, 0.05) is 12.4 Å². The van der Waals surface area contributed by atoms with Crippen LogP contribution < -0.4 is 10.6 Å². The molecule has 40 heavy (non-hydrogen) atoms. The first-order valence-electron chi connectivity index (χ1n) is 12.7. The Morgan fingerprint density at radius 2 is 1.82 bits per heavy atom. The quantitative estimate of drug-likeness (QED) is 0.258. The first kappa shape index (κ1) is 30.2. The van der Waals surface area contributed by atoms with Gasteiger partial charge in [0.05, 0.1) is 25.0 Å². The van der Waals surface area contributed by atoms with Gasteiger partial charge in [0.15, 0.2) is 5.60 Å². The molecule has 0 radical (unpaired) electrons. The van der Waals surface area contributed by atoms with Gasteiger partial charge in [0.25, 0.3) is 11.9 Å². The molecule has 2 heterocycles. The van der Waals surface area contributed by atoms with Crippen LogP contribution in [0.3, 0.4) is 0 Å². The van der Waals surface area contributed by atoms with E-state index in [0.717, 1.165) is 5.56 Å². The summed E-state index contributed by atoms with van der Waals surface area (Å²) in [5, 5.41) is 24.4. The van der Waals surface area contributed by atoms with Crippen molar-refractivity contribution >= 4 is 36.8 Å². The highest BCUT2D eigenvalue weighted by molar-refractivity contribution is 6.50. The average Bonchev–Trinajstić information content (AvgIpc) is 2.90. The molecule has 212 valence electrons. The summed E-state index contributed by atoms with van der Waals surface area (Å²) in [6, 6.07) is 8.25. The third kappa shape index (κ3) is 8.34. The summed E-state index contributed by atoms with van der Waals surface area (Å²) in [6.45, 7) is 3.66. The number of hydrogen-bond acceptors (Lipinski definition) is 9. The number of carbonyl (C=O) groups is 5. The van der Waals surface area contributed by atoms with E-state index < -0.39 is 67.3 Å². The number of carboxylic acids is 2. The van der Waals surface area contributed by atoms with Crippen molar-refractivity contribution in [3.63, 3.8) is 0 Å². The molecule has 1 aromatic heterocycles. The monoisotopic (exact) mass is 554 g/mol. The number of carboxylic acid groups (broad SMARTS) is 2. The smallest absolute Gasteiger partial charge is 0.508 e. The average molecular weight is 554 g/mol. The number of nitrogens with zero attached hydrogens (tertiary/aromatic N) is 2. The molecule has 2 amide bonds. The standard InChI is InChI=1S/C26H31BN4O9/c1-16(2)12-20(27-39-22(34)14-26(40-27,25(37)38)13-21(32)33)31-23(35)18(9-8-17-6-4-3-5-7-17)30-24(36)19-15-28-10-11-29-19/h3-7,10-11,15-16,18,20H,8-9,12-14H2,1-2H3,(H,30,36)(H,31,35)(H,32,33)(H,37,38)/t18-,20-,26?/m0/s1. The summed E-state index contributed by atoms with van der Waals surface area (Å²) in [5.74, 6) is -6.48. The molecular formula is C26H31BN4O9. The predicted molar refractivity (Wildman–Crippen MR) is 140 cm³/mol. The summed E-state index contributed by atoms with van der Waals surface area (Å²) in [7, 11) is -1.58. The number of nitrogens with one attached hydrogen (secondary N) is 2. The van der Waals surface area contributed by atoms with E-state index in [1.807, 2.05) is 44.2 Å². The van der Waals surface area contributed by atoms with Crippen molar-refractivity contribution in [2.24, 2.45) is 5.92 Å². The molecule has 14 heteroatoms. The van der Waals surface area contributed by atoms with Gasteiger partial charge in [-0.15, -0.1) is 0 Å². The summed E-state index contributed by atoms with van der Waals surface area (Å²) in [6.07, 6.45) is 3.03. The van der Waals surface area contributed by atoms with Crippen LogP contribution in [-0.2, 0) is 34.9 Å². The number of aliphatic carboxylic acids is 2. The highest BCUT2D eigenvalue weighted by Gasteiger charge is 2.54. The van der Waals surface area contributed by atoms with Crippen LogP contribution in [0.5, 0.6) is 0 Å².